The van der Waals surface area contributed by atoms with Gasteiger partial charge < -0.3 is 10.8 Å². The molecular formula is C10H19F3N2O3S. The molecule has 114 valence electrons. The third-order valence-electron chi connectivity index (χ3n) is 2.68. The Morgan fingerprint density at radius 2 is 2.00 bits per heavy atom. The highest BCUT2D eigenvalue weighted by molar-refractivity contribution is 7.92. The molecule has 0 fully saturated rings. The van der Waals surface area contributed by atoms with Gasteiger partial charge in [-0.15, -0.1) is 0 Å². The van der Waals surface area contributed by atoms with E-state index >= 15 is 0 Å². The lowest BCUT2D eigenvalue weighted by molar-refractivity contribution is -0.143. The fourth-order valence-corrected chi connectivity index (χ4v) is 3.47. The summed E-state index contributed by atoms with van der Waals surface area (Å²) in [5.41, 5.74) is 5.20. The van der Waals surface area contributed by atoms with Crippen LogP contribution in [-0.4, -0.2) is 39.0 Å². The zero-order chi connectivity index (χ0) is 15.3. The Balaban J connectivity index is 4.45. The van der Waals surface area contributed by atoms with E-state index < -0.39 is 40.3 Å². The Bertz CT molecular complexity index is 395. The second-order valence-electron chi connectivity index (χ2n) is 4.51. The van der Waals surface area contributed by atoms with E-state index in [4.69, 9.17) is 15.6 Å². The van der Waals surface area contributed by atoms with Crippen molar-refractivity contribution in [2.24, 2.45) is 11.7 Å². The van der Waals surface area contributed by atoms with Gasteiger partial charge in [0.15, 0.2) is 0 Å². The number of hydrogen-bond donors (Lipinski definition) is 3. The summed E-state index contributed by atoms with van der Waals surface area (Å²) < 4.78 is 56.0. The molecular weight excluding hydrogens is 285 g/mol. The van der Waals surface area contributed by atoms with Gasteiger partial charge in [-0.3, -0.25) is 9.57 Å². The predicted octanol–water partition coefficient (Wildman–Crippen LogP) is 1.81. The molecule has 0 aliphatic rings. The molecule has 0 bridgehead atoms. The smallest absolute Gasteiger partial charge is 0.389 e. The van der Waals surface area contributed by atoms with Crippen LogP contribution in [0.4, 0.5) is 13.2 Å². The van der Waals surface area contributed by atoms with Gasteiger partial charge in [0.2, 0.25) is 0 Å². The second-order valence-corrected chi connectivity index (χ2v) is 6.87. The molecule has 0 amide bonds. The molecule has 4 N–H and O–H groups in total. The molecule has 0 radical (unpaired) electrons. The first-order valence-corrected chi connectivity index (χ1v) is 7.65. The number of carbonyl (C=O) groups is 1. The van der Waals surface area contributed by atoms with Crippen molar-refractivity contribution in [2.45, 2.75) is 38.4 Å². The Morgan fingerprint density at radius 3 is 2.37 bits per heavy atom. The van der Waals surface area contributed by atoms with Crippen molar-refractivity contribution in [3.8, 4) is 0 Å². The van der Waals surface area contributed by atoms with Crippen molar-refractivity contribution in [1.82, 2.24) is 0 Å². The van der Waals surface area contributed by atoms with E-state index in [1.165, 1.54) is 6.92 Å². The number of nitrogens with two attached hydrogens (primary N) is 1. The van der Waals surface area contributed by atoms with Crippen molar-refractivity contribution < 1.29 is 27.3 Å². The molecule has 0 rings (SSSR count). The second kappa shape index (κ2) is 7.09. The number of rotatable bonds is 8. The first-order valence-electron chi connectivity index (χ1n) is 5.76. The van der Waals surface area contributed by atoms with Gasteiger partial charge in [0.1, 0.15) is 6.04 Å². The highest BCUT2D eigenvalue weighted by Gasteiger charge is 2.32. The molecule has 0 aliphatic carbocycles. The van der Waals surface area contributed by atoms with Gasteiger partial charge in [0.05, 0.1) is 0 Å². The summed E-state index contributed by atoms with van der Waals surface area (Å²) >= 11 is 0. The summed E-state index contributed by atoms with van der Waals surface area (Å²) in [4.78, 5) is 10.5. The van der Waals surface area contributed by atoms with Gasteiger partial charge >= 0.3 is 12.1 Å². The monoisotopic (exact) mass is 304 g/mol. The SMILES string of the molecule is CCC(CC(F)(F)F)CS(=N)(=O)CC[C@H](N)C(=O)O. The summed E-state index contributed by atoms with van der Waals surface area (Å²) in [7, 11) is -3.24. The number of alkyl halides is 3. The van der Waals surface area contributed by atoms with E-state index in [0.717, 1.165) is 0 Å². The minimum Gasteiger partial charge on any atom is -0.480 e. The Morgan fingerprint density at radius 1 is 1.47 bits per heavy atom. The summed E-state index contributed by atoms with van der Waals surface area (Å²) in [5.74, 6) is -2.84. The Labute approximate surface area is 110 Å². The third-order valence-corrected chi connectivity index (χ3v) is 4.58. The van der Waals surface area contributed by atoms with Crippen LogP contribution in [0, 0.1) is 10.7 Å². The van der Waals surface area contributed by atoms with Gasteiger partial charge in [-0.05, 0) is 12.3 Å². The minimum absolute atomic E-state index is 0.167. The zero-order valence-corrected chi connectivity index (χ0v) is 11.4. The van der Waals surface area contributed by atoms with Gasteiger partial charge in [0.25, 0.3) is 0 Å². The van der Waals surface area contributed by atoms with Crippen molar-refractivity contribution in [3.63, 3.8) is 0 Å². The average molecular weight is 304 g/mol. The van der Waals surface area contributed by atoms with Crippen LogP contribution in [0.1, 0.15) is 26.2 Å². The molecule has 0 aromatic heterocycles. The van der Waals surface area contributed by atoms with Crippen LogP contribution in [0.3, 0.4) is 0 Å². The van der Waals surface area contributed by atoms with Gasteiger partial charge in [0, 0.05) is 27.7 Å². The molecule has 5 nitrogen and oxygen atoms in total. The highest BCUT2D eigenvalue weighted by atomic mass is 32.2. The van der Waals surface area contributed by atoms with E-state index in [1.54, 1.807) is 0 Å². The molecule has 0 spiro atoms. The minimum atomic E-state index is -4.35. The van der Waals surface area contributed by atoms with Crippen LogP contribution in [0.5, 0.6) is 0 Å². The molecule has 0 aliphatic heterocycles. The number of halogens is 3. The third kappa shape index (κ3) is 8.82. The van der Waals surface area contributed by atoms with E-state index in [0.29, 0.717) is 0 Å². The van der Waals surface area contributed by atoms with Crippen molar-refractivity contribution >= 4 is 15.7 Å². The lowest BCUT2D eigenvalue weighted by atomic mass is 10.1. The summed E-state index contributed by atoms with van der Waals surface area (Å²) in [6.45, 7) is 1.54. The lowest BCUT2D eigenvalue weighted by Gasteiger charge is -2.18. The van der Waals surface area contributed by atoms with Gasteiger partial charge in [-0.2, -0.15) is 13.2 Å². The van der Waals surface area contributed by atoms with Crippen LogP contribution in [-0.2, 0) is 14.5 Å². The molecule has 0 saturated heterocycles. The molecule has 3 atom stereocenters. The summed E-state index contributed by atoms with van der Waals surface area (Å²) in [6, 6.07) is -1.24. The van der Waals surface area contributed by atoms with Crippen LogP contribution < -0.4 is 5.73 Å². The fraction of sp³-hybridized carbons (Fsp3) is 0.900. The number of nitrogens with one attached hydrogen (secondary N) is 1. The first kappa shape index (κ1) is 18.2. The normalized spacial score (nSPS) is 18.6. The maximum atomic E-state index is 12.2. The van der Waals surface area contributed by atoms with Crippen molar-refractivity contribution in [1.29, 1.82) is 4.78 Å². The van der Waals surface area contributed by atoms with E-state index in [9.17, 15) is 22.2 Å². The number of aliphatic carboxylic acids is 1. The predicted molar refractivity (Wildman–Crippen MR) is 65.3 cm³/mol. The number of hydrogen-bond acceptors (Lipinski definition) is 4. The highest BCUT2D eigenvalue weighted by Crippen LogP contribution is 2.27. The van der Waals surface area contributed by atoms with E-state index in [2.05, 4.69) is 0 Å². The topological polar surface area (TPSA) is 104 Å². The summed E-state index contributed by atoms with van der Waals surface area (Å²) in [5, 5.41) is 8.53. The Kier molecular flexibility index (Phi) is 6.78. The summed E-state index contributed by atoms with van der Waals surface area (Å²) in [6.07, 6.45) is -5.45. The van der Waals surface area contributed by atoms with Crippen LogP contribution in [0.15, 0.2) is 0 Å². The van der Waals surface area contributed by atoms with Gasteiger partial charge in [-0.1, -0.05) is 13.3 Å². The molecule has 0 aromatic carbocycles. The largest absolute Gasteiger partial charge is 0.480 e. The number of carboxylic acids is 1. The Hall–Kier alpha value is -0.830. The molecule has 2 unspecified atom stereocenters. The quantitative estimate of drug-likeness (QED) is 0.636. The van der Waals surface area contributed by atoms with Crippen LogP contribution in [0.2, 0.25) is 0 Å². The van der Waals surface area contributed by atoms with Crippen LogP contribution >= 0.6 is 0 Å². The standard InChI is InChI=1S/C10H19F3N2O3S/c1-2-7(5-10(11,12)13)6-19(15,18)4-3-8(14)9(16)17/h7-8,15H,2-6,14H2,1H3,(H,16,17)/t7?,8-,19?/m0/s1. The van der Waals surface area contributed by atoms with Crippen molar-refractivity contribution in [2.75, 3.05) is 11.5 Å². The number of carboxylic acid groups (broad SMARTS) is 1. The first-order chi connectivity index (χ1) is 8.47. The van der Waals surface area contributed by atoms with Crippen molar-refractivity contribution in [3.05, 3.63) is 0 Å². The maximum absolute atomic E-state index is 12.2. The zero-order valence-electron chi connectivity index (χ0n) is 10.6. The molecule has 0 heterocycles. The fourth-order valence-electron chi connectivity index (χ4n) is 1.55. The lowest BCUT2D eigenvalue weighted by Crippen LogP contribution is -2.33. The average Bonchev–Trinajstić information content (AvgIpc) is 2.22. The molecule has 9 heteroatoms. The molecule has 19 heavy (non-hydrogen) atoms. The molecule has 0 aromatic rings. The maximum Gasteiger partial charge on any atom is 0.389 e. The van der Waals surface area contributed by atoms with E-state index in [1.807, 2.05) is 0 Å². The van der Waals surface area contributed by atoms with E-state index in [-0.39, 0.29) is 24.3 Å². The van der Waals surface area contributed by atoms with Gasteiger partial charge in [-0.25, -0.2) is 4.21 Å². The molecule has 0 saturated carbocycles. The van der Waals surface area contributed by atoms with Crippen LogP contribution in [0.25, 0.3) is 0 Å².